The second-order valence-electron chi connectivity index (χ2n) is 5.15. The molecule has 0 amide bonds. The third kappa shape index (κ3) is 3.36. The van der Waals surface area contributed by atoms with Gasteiger partial charge in [-0.2, -0.15) is 0 Å². The Balaban J connectivity index is 2.17. The fourth-order valence-electron chi connectivity index (χ4n) is 2.01. The number of nitrogens with zero attached hydrogens (tertiary/aromatic N) is 1. The molecule has 1 aliphatic rings. The Morgan fingerprint density at radius 1 is 1.41 bits per heavy atom. The molecule has 0 atom stereocenters. The summed E-state index contributed by atoms with van der Waals surface area (Å²) in [4.78, 5) is 2.38. The van der Waals surface area contributed by atoms with Crippen LogP contribution in [0.1, 0.15) is 32.3 Å². The lowest BCUT2D eigenvalue weighted by atomic mass is 10.1. The molecule has 2 nitrogen and oxygen atoms in total. The number of nitrogens with one attached hydrogen (secondary N) is 1. The van der Waals surface area contributed by atoms with Gasteiger partial charge in [-0.05, 0) is 36.6 Å². The van der Waals surface area contributed by atoms with Crippen molar-refractivity contribution >= 4 is 17.3 Å². The van der Waals surface area contributed by atoms with Crippen LogP contribution in [0.25, 0.3) is 0 Å². The van der Waals surface area contributed by atoms with Crippen molar-refractivity contribution in [1.29, 1.82) is 0 Å². The Morgan fingerprint density at radius 2 is 2.12 bits per heavy atom. The molecular weight excluding hydrogens is 232 g/mol. The molecule has 2 rings (SSSR count). The molecule has 1 fully saturated rings. The summed E-state index contributed by atoms with van der Waals surface area (Å²) in [7, 11) is 2.18. The van der Waals surface area contributed by atoms with Gasteiger partial charge in [0.1, 0.15) is 0 Å². The van der Waals surface area contributed by atoms with Crippen LogP contribution >= 0.6 is 11.6 Å². The fraction of sp³-hybridized carbons (Fsp3) is 0.571. The molecule has 0 aliphatic heterocycles. The van der Waals surface area contributed by atoms with Crippen LogP contribution in [0.15, 0.2) is 18.2 Å². The van der Waals surface area contributed by atoms with Crippen molar-refractivity contribution in [3.05, 3.63) is 28.8 Å². The van der Waals surface area contributed by atoms with Gasteiger partial charge in [0.2, 0.25) is 0 Å². The van der Waals surface area contributed by atoms with Gasteiger partial charge in [0, 0.05) is 36.4 Å². The van der Waals surface area contributed by atoms with Crippen molar-refractivity contribution in [3.8, 4) is 0 Å². The molecule has 1 aliphatic carbocycles. The van der Waals surface area contributed by atoms with Gasteiger partial charge in [0.25, 0.3) is 0 Å². The third-order valence-corrected chi connectivity index (χ3v) is 3.45. The number of rotatable bonds is 5. The molecule has 0 aromatic heterocycles. The minimum Gasteiger partial charge on any atom is -0.371 e. The first-order chi connectivity index (χ1) is 8.08. The summed E-state index contributed by atoms with van der Waals surface area (Å²) in [6, 6.07) is 7.42. The molecule has 0 radical (unpaired) electrons. The van der Waals surface area contributed by atoms with E-state index in [1.54, 1.807) is 0 Å². The van der Waals surface area contributed by atoms with Crippen LogP contribution < -0.4 is 10.2 Å². The molecule has 1 aromatic rings. The van der Waals surface area contributed by atoms with Crippen LogP contribution in [-0.4, -0.2) is 19.1 Å². The Morgan fingerprint density at radius 3 is 2.71 bits per heavy atom. The average molecular weight is 253 g/mol. The van der Waals surface area contributed by atoms with Gasteiger partial charge in [-0.25, -0.2) is 0 Å². The molecule has 1 aromatic carbocycles. The summed E-state index contributed by atoms with van der Waals surface area (Å²) >= 11 is 6.09. The van der Waals surface area contributed by atoms with Crippen molar-refractivity contribution in [2.75, 3.05) is 11.9 Å². The van der Waals surface area contributed by atoms with Crippen LogP contribution in [0.3, 0.4) is 0 Å². The summed E-state index contributed by atoms with van der Waals surface area (Å²) in [5.41, 5.74) is 2.60. The quantitative estimate of drug-likeness (QED) is 0.864. The largest absolute Gasteiger partial charge is 0.371 e. The molecule has 0 saturated heterocycles. The van der Waals surface area contributed by atoms with Crippen molar-refractivity contribution in [3.63, 3.8) is 0 Å². The second kappa shape index (κ2) is 5.28. The van der Waals surface area contributed by atoms with Gasteiger partial charge in [-0.15, -0.1) is 0 Å². The minimum atomic E-state index is 0.494. The van der Waals surface area contributed by atoms with Gasteiger partial charge in [-0.3, -0.25) is 0 Å². The Kier molecular flexibility index (Phi) is 3.95. The highest BCUT2D eigenvalue weighted by atomic mass is 35.5. The van der Waals surface area contributed by atoms with Gasteiger partial charge in [0.15, 0.2) is 0 Å². The number of halogens is 1. The highest BCUT2D eigenvalue weighted by Gasteiger charge is 2.27. The Labute approximate surface area is 109 Å². The number of hydrogen-bond donors (Lipinski definition) is 1. The van der Waals surface area contributed by atoms with Crippen molar-refractivity contribution in [1.82, 2.24) is 5.32 Å². The van der Waals surface area contributed by atoms with E-state index in [0.717, 1.165) is 17.6 Å². The van der Waals surface area contributed by atoms with Crippen LogP contribution in [-0.2, 0) is 6.54 Å². The summed E-state index contributed by atoms with van der Waals surface area (Å²) < 4.78 is 0. The van der Waals surface area contributed by atoms with Gasteiger partial charge < -0.3 is 10.2 Å². The second-order valence-corrected chi connectivity index (χ2v) is 5.59. The van der Waals surface area contributed by atoms with Crippen LogP contribution in [0, 0.1) is 0 Å². The summed E-state index contributed by atoms with van der Waals surface area (Å²) in [6.07, 6.45) is 2.63. The molecule has 1 N–H and O–H groups in total. The normalized spacial score (nSPS) is 15.4. The maximum atomic E-state index is 6.09. The highest BCUT2D eigenvalue weighted by molar-refractivity contribution is 6.30. The van der Waals surface area contributed by atoms with Crippen LogP contribution in [0.5, 0.6) is 0 Å². The topological polar surface area (TPSA) is 15.3 Å². The van der Waals surface area contributed by atoms with Crippen LogP contribution in [0.4, 0.5) is 5.69 Å². The molecule has 17 heavy (non-hydrogen) atoms. The predicted molar refractivity (Wildman–Crippen MR) is 74.9 cm³/mol. The standard InChI is InChI=1S/C14H21ClN2/c1-10(2)16-9-11-8-12(15)4-7-14(11)17(3)13-5-6-13/h4,7-8,10,13,16H,5-6,9H2,1-3H3. The van der Waals surface area contributed by atoms with Gasteiger partial charge in [-0.1, -0.05) is 25.4 Å². The minimum absolute atomic E-state index is 0.494. The monoisotopic (exact) mass is 252 g/mol. The smallest absolute Gasteiger partial charge is 0.0412 e. The van der Waals surface area contributed by atoms with E-state index in [1.807, 2.05) is 6.07 Å². The number of benzene rings is 1. The number of anilines is 1. The SMILES string of the molecule is CC(C)NCc1cc(Cl)ccc1N(C)C1CC1. The van der Waals surface area contributed by atoms with Crippen LogP contribution in [0.2, 0.25) is 5.02 Å². The zero-order valence-corrected chi connectivity index (χ0v) is 11.6. The summed E-state index contributed by atoms with van der Waals surface area (Å²) in [6.45, 7) is 5.20. The van der Waals surface area contributed by atoms with E-state index in [-0.39, 0.29) is 0 Å². The molecule has 0 spiro atoms. The first-order valence-corrected chi connectivity index (χ1v) is 6.70. The van der Waals surface area contributed by atoms with E-state index < -0.39 is 0 Å². The van der Waals surface area contributed by atoms with E-state index >= 15 is 0 Å². The average Bonchev–Trinajstić information content (AvgIpc) is 3.09. The first kappa shape index (κ1) is 12.7. The molecule has 1 saturated carbocycles. The van der Waals surface area contributed by atoms with Gasteiger partial charge >= 0.3 is 0 Å². The van der Waals surface area contributed by atoms with E-state index in [1.165, 1.54) is 24.1 Å². The maximum absolute atomic E-state index is 6.09. The molecule has 3 heteroatoms. The zero-order valence-electron chi connectivity index (χ0n) is 10.8. The van der Waals surface area contributed by atoms with E-state index in [2.05, 4.69) is 43.2 Å². The van der Waals surface area contributed by atoms with Crippen molar-refractivity contribution < 1.29 is 0 Å². The molecular formula is C14H21ClN2. The van der Waals surface area contributed by atoms with E-state index in [0.29, 0.717) is 6.04 Å². The lowest BCUT2D eigenvalue weighted by molar-refractivity contribution is 0.588. The molecule has 0 bridgehead atoms. The maximum Gasteiger partial charge on any atom is 0.0412 e. The molecule has 0 unspecified atom stereocenters. The fourth-order valence-corrected chi connectivity index (χ4v) is 2.21. The van der Waals surface area contributed by atoms with Crippen molar-refractivity contribution in [2.24, 2.45) is 0 Å². The Bertz CT molecular complexity index is 386. The lowest BCUT2D eigenvalue weighted by Crippen LogP contribution is -2.25. The van der Waals surface area contributed by atoms with E-state index in [9.17, 15) is 0 Å². The van der Waals surface area contributed by atoms with Crippen molar-refractivity contribution in [2.45, 2.75) is 45.3 Å². The zero-order chi connectivity index (χ0) is 12.4. The lowest BCUT2D eigenvalue weighted by Gasteiger charge is -2.23. The Hall–Kier alpha value is -0.730. The first-order valence-electron chi connectivity index (χ1n) is 6.32. The highest BCUT2D eigenvalue weighted by Crippen LogP contribution is 2.33. The third-order valence-electron chi connectivity index (χ3n) is 3.22. The summed E-state index contributed by atoms with van der Waals surface area (Å²) in [5, 5.41) is 4.28. The number of hydrogen-bond acceptors (Lipinski definition) is 2. The summed E-state index contributed by atoms with van der Waals surface area (Å²) in [5.74, 6) is 0. The molecule has 0 heterocycles. The molecule has 94 valence electrons. The van der Waals surface area contributed by atoms with E-state index in [4.69, 9.17) is 11.6 Å². The predicted octanol–water partition coefficient (Wildman–Crippen LogP) is 3.44. The van der Waals surface area contributed by atoms with Gasteiger partial charge in [0.05, 0.1) is 0 Å².